The van der Waals surface area contributed by atoms with Gasteiger partial charge in [-0.15, -0.1) is 0 Å². The van der Waals surface area contributed by atoms with Crippen molar-refractivity contribution in [2.24, 2.45) is 5.92 Å². The number of pyridine rings is 1. The summed E-state index contributed by atoms with van der Waals surface area (Å²) in [6, 6.07) is 3.45. The van der Waals surface area contributed by atoms with Gasteiger partial charge in [0, 0.05) is 25.2 Å². The highest BCUT2D eigenvalue weighted by molar-refractivity contribution is 5.93. The highest BCUT2D eigenvalue weighted by Gasteiger charge is 2.33. The molecule has 2 heterocycles. The fourth-order valence-electron chi connectivity index (χ4n) is 3.08. The van der Waals surface area contributed by atoms with E-state index in [1.54, 1.807) is 30.3 Å². The van der Waals surface area contributed by atoms with Crippen LogP contribution in [0.15, 0.2) is 27.6 Å². The Morgan fingerprint density at radius 3 is 2.84 bits per heavy atom. The Bertz CT molecular complexity index is 848. The summed E-state index contributed by atoms with van der Waals surface area (Å²) in [5.74, 6) is 1.84. The zero-order valence-corrected chi connectivity index (χ0v) is 14.5. The van der Waals surface area contributed by atoms with Gasteiger partial charge >= 0.3 is 0 Å². The van der Waals surface area contributed by atoms with Crippen LogP contribution in [0.5, 0.6) is 0 Å². The lowest BCUT2D eigenvalue weighted by Gasteiger charge is -2.24. The Morgan fingerprint density at radius 2 is 2.16 bits per heavy atom. The first-order chi connectivity index (χ1) is 12.0. The summed E-state index contributed by atoms with van der Waals surface area (Å²) < 4.78 is 6.69. The molecule has 0 radical (unpaired) electrons. The lowest BCUT2D eigenvalue weighted by Crippen LogP contribution is -2.40. The van der Waals surface area contributed by atoms with Crippen LogP contribution in [0.1, 0.15) is 60.6 Å². The normalized spacial score (nSPS) is 18.2. The van der Waals surface area contributed by atoms with Crippen LogP contribution in [0.4, 0.5) is 0 Å². The van der Waals surface area contributed by atoms with Crippen molar-refractivity contribution in [2.45, 2.75) is 51.1 Å². The average molecular weight is 342 g/mol. The van der Waals surface area contributed by atoms with E-state index in [0.29, 0.717) is 23.6 Å². The molecule has 132 valence electrons. The fourth-order valence-corrected chi connectivity index (χ4v) is 3.08. The van der Waals surface area contributed by atoms with E-state index in [-0.39, 0.29) is 29.6 Å². The van der Waals surface area contributed by atoms with Crippen molar-refractivity contribution < 1.29 is 9.32 Å². The van der Waals surface area contributed by atoms with Gasteiger partial charge in [0.15, 0.2) is 5.82 Å². The van der Waals surface area contributed by atoms with Crippen molar-refractivity contribution in [1.29, 1.82) is 0 Å². The van der Waals surface area contributed by atoms with Gasteiger partial charge in [-0.1, -0.05) is 5.16 Å². The summed E-state index contributed by atoms with van der Waals surface area (Å²) in [5, 5.41) is 3.96. The average Bonchev–Trinajstić information content (AvgIpc) is 3.53. The van der Waals surface area contributed by atoms with Crippen molar-refractivity contribution in [3.05, 3.63) is 46.0 Å². The minimum Gasteiger partial charge on any atom is -0.339 e. The second-order valence-electron chi connectivity index (χ2n) is 7.17. The quantitative estimate of drug-likeness (QED) is 0.802. The smallest absolute Gasteiger partial charge is 0.263 e. The third-order valence-electron chi connectivity index (χ3n) is 5.22. The Kier molecular flexibility index (Phi) is 3.94. The summed E-state index contributed by atoms with van der Waals surface area (Å²) in [4.78, 5) is 31.4. The van der Waals surface area contributed by atoms with Crippen LogP contribution in [-0.4, -0.2) is 38.6 Å². The Morgan fingerprint density at radius 1 is 1.40 bits per heavy atom. The zero-order chi connectivity index (χ0) is 17.6. The molecule has 0 aliphatic heterocycles. The number of hydrogen-bond donors (Lipinski definition) is 0. The van der Waals surface area contributed by atoms with Gasteiger partial charge < -0.3 is 14.0 Å². The molecule has 0 spiro atoms. The van der Waals surface area contributed by atoms with Crippen molar-refractivity contribution in [3.8, 4) is 0 Å². The SMILES string of the molecule is C[C@H](C1CC1)N(C)C(=O)c1cccn(Cc2nc(C3CC3)no2)c1=O. The highest BCUT2D eigenvalue weighted by Crippen LogP contribution is 2.38. The van der Waals surface area contributed by atoms with Crippen molar-refractivity contribution >= 4 is 5.91 Å². The van der Waals surface area contributed by atoms with Gasteiger partial charge in [0.25, 0.3) is 11.5 Å². The third kappa shape index (κ3) is 3.23. The van der Waals surface area contributed by atoms with Crippen molar-refractivity contribution in [3.63, 3.8) is 0 Å². The second kappa shape index (κ2) is 6.13. The number of hydrogen-bond acceptors (Lipinski definition) is 5. The molecular weight excluding hydrogens is 320 g/mol. The minimum atomic E-state index is -0.325. The number of aromatic nitrogens is 3. The fraction of sp³-hybridized carbons (Fsp3) is 0.556. The van der Waals surface area contributed by atoms with Crippen LogP contribution in [0.2, 0.25) is 0 Å². The van der Waals surface area contributed by atoms with Gasteiger partial charge in [0.2, 0.25) is 5.89 Å². The van der Waals surface area contributed by atoms with E-state index in [1.165, 1.54) is 4.57 Å². The van der Waals surface area contributed by atoms with Crippen LogP contribution >= 0.6 is 0 Å². The summed E-state index contributed by atoms with van der Waals surface area (Å²) in [7, 11) is 1.77. The summed E-state index contributed by atoms with van der Waals surface area (Å²) in [5.41, 5.74) is -0.145. The molecule has 0 saturated heterocycles. The number of rotatable bonds is 6. The first-order valence-corrected chi connectivity index (χ1v) is 8.83. The van der Waals surface area contributed by atoms with Crippen molar-refractivity contribution in [1.82, 2.24) is 19.6 Å². The predicted molar refractivity (Wildman–Crippen MR) is 90.4 cm³/mol. The van der Waals surface area contributed by atoms with Crippen LogP contribution in [0.3, 0.4) is 0 Å². The van der Waals surface area contributed by atoms with Gasteiger partial charge in [-0.3, -0.25) is 9.59 Å². The van der Waals surface area contributed by atoms with E-state index in [0.717, 1.165) is 25.7 Å². The summed E-state index contributed by atoms with van der Waals surface area (Å²) in [6.07, 6.45) is 6.13. The molecule has 7 nitrogen and oxygen atoms in total. The van der Waals surface area contributed by atoms with Crippen LogP contribution in [0.25, 0.3) is 0 Å². The standard InChI is InChI=1S/C18H22N4O3/c1-11(12-5-6-12)21(2)17(23)14-4-3-9-22(18(14)24)10-15-19-16(20-25-15)13-7-8-13/h3-4,9,11-13H,5-8,10H2,1-2H3/t11-/m1/s1. The molecule has 2 aliphatic carbocycles. The number of carbonyl (C=O) groups is 1. The van der Waals surface area contributed by atoms with Crippen LogP contribution in [0, 0.1) is 5.92 Å². The molecule has 7 heteroatoms. The molecule has 0 unspecified atom stereocenters. The molecule has 2 aliphatic rings. The topological polar surface area (TPSA) is 81.2 Å². The van der Waals surface area contributed by atoms with E-state index in [1.807, 2.05) is 6.92 Å². The zero-order valence-electron chi connectivity index (χ0n) is 14.5. The first kappa shape index (κ1) is 16.1. The Hall–Kier alpha value is -2.44. The molecule has 2 fully saturated rings. The van der Waals surface area contributed by atoms with E-state index in [4.69, 9.17) is 4.52 Å². The number of carbonyl (C=O) groups excluding carboxylic acids is 1. The molecule has 0 bridgehead atoms. The molecular formula is C18H22N4O3. The lowest BCUT2D eigenvalue weighted by molar-refractivity contribution is 0.0724. The molecule has 4 rings (SSSR count). The molecule has 1 atom stereocenters. The van der Waals surface area contributed by atoms with Crippen LogP contribution < -0.4 is 5.56 Å². The van der Waals surface area contributed by atoms with Gasteiger partial charge in [-0.2, -0.15) is 4.98 Å². The van der Waals surface area contributed by atoms with Gasteiger partial charge in [-0.05, 0) is 50.7 Å². The van der Waals surface area contributed by atoms with Gasteiger partial charge in [0.1, 0.15) is 12.1 Å². The van der Waals surface area contributed by atoms with E-state index in [9.17, 15) is 9.59 Å². The number of nitrogens with zero attached hydrogens (tertiary/aromatic N) is 4. The van der Waals surface area contributed by atoms with Crippen molar-refractivity contribution in [2.75, 3.05) is 7.05 Å². The molecule has 25 heavy (non-hydrogen) atoms. The molecule has 2 aromatic rings. The number of amides is 1. The summed E-state index contributed by atoms with van der Waals surface area (Å²) in [6.45, 7) is 2.22. The Balaban J connectivity index is 1.54. The van der Waals surface area contributed by atoms with Crippen LogP contribution in [-0.2, 0) is 6.54 Å². The summed E-state index contributed by atoms with van der Waals surface area (Å²) >= 11 is 0. The lowest BCUT2D eigenvalue weighted by atomic mass is 10.1. The molecule has 2 saturated carbocycles. The van der Waals surface area contributed by atoms with Gasteiger partial charge in [0.05, 0.1) is 0 Å². The molecule has 0 N–H and O–H groups in total. The van der Waals surface area contributed by atoms with E-state index >= 15 is 0 Å². The maximum atomic E-state index is 12.7. The monoisotopic (exact) mass is 342 g/mol. The van der Waals surface area contributed by atoms with E-state index in [2.05, 4.69) is 10.1 Å². The molecule has 1 amide bonds. The predicted octanol–water partition coefficient (Wildman–Crippen LogP) is 2.03. The second-order valence-corrected chi connectivity index (χ2v) is 7.17. The first-order valence-electron chi connectivity index (χ1n) is 8.83. The minimum absolute atomic E-state index is 0.151. The highest BCUT2D eigenvalue weighted by atomic mass is 16.5. The largest absolute Gasteiger partial charge is 0.339 e. The van der Waals surface area contributed by atoms with E-state index < -0.39 is 0 Å². The third-order valence-corrected chi connectivity index (χ3v) is 5.22. The Labute approximate surface area is 145 Å². The molecule has 2 aromatic heterocycles. The maximum absolute atomic E-state index is 12.7. The maximum Gasteiger partial charge on any atom is 0.263 e. The van der Waals surface area contributed by atoms with Gasteiger partial charge in [-0.25, -0.2) is 0 Å². The molecule has 0 aromatic carbocycles.